The second-order valence-electron chi connectivity index (χ2n) is 1.51. The maximum absolute atomic E-state index is 8.61. The van der Waals surface area contributed by atoms with E-state index in [2.05, 4.69) is 0 Å². The molecule has 0 rings (SSSR count). The molecular weight excluding hydrogens is 110 g/mol. The van der Waals surface area contributed by atoms with Gasteiger partial charge in [-0.05, 0) is 0 Å². The van der Waals surface area contributed by atoms with Crippen molar-refractivity contribution in [3.05, 3.63) is 0 Å². The van der Waals surface area contributed by atoms with Gasteiger partial charge in [0.05, 0.1) is 6.73 Å². The second-order valence-corrected chi connectivity index (χ2v) is 1.51. The molecule has 0 aromatic rings. The molecule has 4 nitrogen and oxygen atoms in total. The van der Waals surface area contributed by atoms with Crippen molar-refractivity contribution in [2.75, 3.05) is 6.73 Å². The Hall–Kier alpha value is -0.160. The highest BCUT2D eigenvalue weighted by molar-refractivity contribution is 4.53. The van der Waals surface area contributed by atoms with E-state index in [-0.39, 0.29) is 6.42 Å². The Morgan fingerprint density at radius 3 is 2.12 bits per heavy atom. The summed E-state index contributed by atoms with van der Waals surface area (Å²) in [6.07, 6.45) is 0.146. The van der Waals surface area contributed by atoms with Gasteiger partial charge in [0, 0.05) is 6.42 Å². The van der Waals surface area contributed by atoms with Gasteiger partial charge in [0.1, 0.15) is 0 Å². The zero-order valence-corrected chi connectivity index (χ0v) is 4.76. The van der Waals surface area contributed by atoms with Crippen LogP contribution in [0.15, 0.2) is 0 Å². The van der Waals surface area contributed by atoms with E-state index in [0.29, 0.717) is 0 Å². The molecule has 0 bridgehead atoms. The number of hydrogen-bond donors (Lipinski definition) is 4. The lowest BCUT2D eigenvalue weighted by molar-refractivity contribution is -0.195. The molecule has 0 unspecified atom stereocenters. The number of hydrogen-bond acceptors (Lipinski definition) is 4. The summed E-state index contributed by atoms with van der Waals surface area (Å²) in [5, 5.41) is 27.4. The van der Waals surface area contributed by atoms with Crippen LogP contribution in [0.2, 0.25) is 0 Å². The fraction of sp³-hybridized carbons (Fsp3) is 1.00. The van der Waals surface area contributed by atoms with Crippen LogP contribution in [0.1, 0.15) is 13.3 Å². The maximum Gasteiger partial charge on any atom is 0.223 e. The molecule has 50 valence electrons. The summed E-state index contributed by atoms with van der Waals surface area (Å²) in [5.74, 6) is -1.91. The summed E-state index contributed by atoms with van der Waals surface area (Å²) < 4.78 is 0. The van der Waals surface area contributed by atoms with Gasteiger partial charge in [-0.15, -0.1) is 0 Å². The van der Waals surface area contributed by atoms with Gasteiger partial charge < -0.3 is 15.3 Å². The Bertz CT molecular complexity index is 64.3. The molecule has 0 aromatic heterocycles. The van der Waals surface area contributed by atoms with Gasteiger partial charge in [-0.1, -0.05) is 6.92 Å². The molecule has 0 aliphatic rings. The van der Waals surface area contributed by atoms with Gasteiger partial charge in [0.15, 0.2) is 0 Å². The third kappa shape index (κ3) is 2.92. The molecule has 0 radical (unpaired) electrons. The molecular formula is C4H11NO3. The topological polar surface area (TPSA) is 72.7 Å². The lowest BCUT2D eigenvalue weighted by Crippen LogP contribution is -2.44. The summed E-state index contributed by atoms with van der Waals surface area (Å²) in [7, 11) is 0. The number of aliphatic hydroxyl groups excluding tert-OH is 1. The predicted octanol–water partition coefficient (Wildman–Crippen LogP) is -1.43. The van der Waals surface area contributed by atoms with E-state index in [1.54, 1.807) is 6.92 Å². The molecule has 0 heterocycles. The van der Waals surface area contributed by atoms with Gasteiger partial charge in [0.2, 0.25) is 5.91 Å². The van der Waals surface area contributed by atoms with E-state index < -0.39 is 12.6 Å². The second kappa shape index (κ2) is 2.99. The average Bonchev–Trinajstić information content (AvgIpc) is 1.67. The van der Waals surface area contributed by atoms with Crippen LogP contribution in [0.5, 0.6) is 0 Å². The van der Waals surface area contributed by atoms with E-state index in [1.165, 1.54) is 0 Å². The summed E-state index contributed by atoms with van der Waals surface area (Å²) in [5.41, 5.74) is 0. The van der Waals surface area contributed by atoms with Crippen molar-refractivity contribution in [3.8, 4) is 0 Å². The van der Waals surface area contributed by atoms with Crippen molar-refractivity contribution < 1.29 is 15.3 Å². The standard InChI is InChI=1S/C4H11NO3/c1-2-4(7,8)5-3-6/h5-8H,2-3H2,1H3. The molecule has 0 aliphatic heterocycles. The number of aliphatic hydroxyl groups is 3. The van der Waals surface area contributed by atoms with Crippen LogP contribution < -0.4 is 5.32 Å². The van der Waals surface area contributed by atoms with E-state index in [9.17, 15) is 0 Å². The van der Waals surface area contributed by atoms with Gasteiger partial charge in [-0.3, -0.25) is 0 Å². The van der Waals surface area contributed by atoms with Gasteiger partial charge >= 0.3 is 0 Å². The number of rotatable bonds is 3. The van der Waals surface area contributed by atoms with Crippen molar-refractivity contribution in [1.29, 1.82) is 0 Å². The minimum atomic E-state index is -1.91. The number of nitrogens with one attached hydrogen (secondary N) is 1. The van der Waals surface area contributed by atoms with E-state index >= 15 is 0 Å². The molecule has 0 atom stereocenters. The van der Waals surface area contributed by atoms with Crippen molar-refractivity contribution in [3.63, 3.8) is 0 Å². The molecule has 4 heteroatoms. The quantitative estimate of drug-likeness (QED) is 0.346. The first kappa shape index (κ1) is 7.84. The minimum Gasteiger partial charge on any atom is -0.381 e. The van der Waals surface area contributed by atoms with Crippen LogP contribution in [-0.2, 0) is 0 Å². The molecule has 0 fully saturated rings. The van der Waals surface area contributed by atoms with E-state index in [4.69, 9.17) is 15.3 Å². The molecule has 8 heavy (non-hydrogen) atoms. The van der Waals surface area contributed by atoms with Crippen LogP contribution in [-0.4, -0.2) is 28.0 Å². The van der Waals surface area contributed by atoms with Crippen LogP contribution in [0.4, 0.5) is 0 Å². The van der Waals surface area contributed by atoms with Gasteiger partial charge in [-0.2, -0.15) is 0 Å². The minimum absolute atomic E-state index is 0.146. The smallest absolute Gasteiger partial charge is 0.223 e. The highest BCUT2D eigenvalue weighted by Gasteiger charge is 2.16. The monoisotopic (exact) mass is 121 g/mol. The first-order chi connectivity index (χ1) is 3.62. The lowest BCUT2D eigenvalue weighted by Gasteiger charge is -2.18. The Morgan fingerprint density at radius 2 is 2.00 bits per heavy atom. The summed E-state index contributed by atoms with van der Waals surface area (Å²) in [6.45, 7) is 1.16. The van der Waals surface area contributed by atoms with Crippen LogP contribution in [0.25, 0.3) is 0 Å². The fourth-order valence-corrected chi connectivity index (χ4v) is 0.252. The Kier molecular flexibility index (Phi) is 2.93. The van der Waals surface area contributed by atoms with E-state index in [1.807, 2.05) is 5.32 Å². The predicted molar refractivity (Wildman–Crippen MR) is 27.7 cm³/mol. The molecule has 4 N–H and O–H groups in total. The lowest BCUT2D eigenvalue weighted by atomic mass is 10.4. The molecule has 0 aliphatic carbocycles. The molecule has 0 saturated carbocycles. The third-order valence-electron chi connectivity index (χ3n) is 0.855. The van der Waals surface area contributed by atoms with Crippen molar-refractivity contribution >= 4 is 0 Å². The SMILES string of the molecule is CCC(O)(O)NCO. The first-order valence-electron chi connectivity index (χ1n) is 2.43. The highest BCUT2D eigenvalue weighted by Crippen LogP contribution is 1.96. The van der Waals surface area contributed by atoms with Crippen LogP contribution in [0.3, 0.4) is 0 Å². The summed E-state index contributed by atoms with van der Waals surface area (Å²) in [4.78, 5) is 0. The third-order valence-corrected chi connectivity index (χ3v) is 0.855. The Balaban J connectivity index is 3.37. The van der Waals surface area contributed by atoms with Crippen molar-refractivity contribution in [1.82, 2.24) is 5.32 Å². The van der Waals surface area contributed by atoms with Crippen molar-refractivity contribution in [2.24, 2.45) is 0 Å². The Labute approximate surface area is 47.8 Å². The fourth-order valence-electron chi connectivity index (χ4n) is 0.252. The first-order valence-corrected chi connectivity index (χ1v) is 2.43. The highest BCUT2D eigenvalue weighted by atomic mass is 16.5. The van der Waals surface area contributed by atoms with E-state index in [0.717, 1.165) is 0 Å². The van der Waals surface area contributed by atoms with Gasteiger partial charge in [0.25, 0.3) is 0 Å². The normalized spacial score (nSPS) is 12.0. The summed E-state index contributed by atoms with van der Waals surface area (Å²) >= 11 is 0. The largest absolute Gasteiger partial charge is 0.381 e. The summed E-state index contributed by atoms with van der Waals surface area (Å²) in [6, 6.07) is 0. The molecule has 0 amide bonds. The Morgan fingerprint density at radius 1 is 1.50 bits per heavy atom. The van der Waals surface area contributed by atoms with Crippen LogP contribution in [0, 0.1) is 0 Å². The van der Waals surface area contributed by atoms with Crippen molar-refractivity contribution in [2.45, 2.75) is 19.3 Å². The van der Waals surface area contributed by atoms with Crippen LogP contribution >= 0.6 is 0 Å². The molecule has 0 spiro atoms. The average molecular weight is 121 g/mol. The zero-order chi connectivity index (χ0) is 6.62. The maximum atomic E-state index is 8.61. The molecule has 0 saturated heterocycles. The molecule has 0 aromatic carbocycles. The zero-order valence-electron chi connectivity index (χ0n) is 4.76. The van der Waals surface area contributed by atoms with Gasteiger partial charge in [-0.25, -0.2) is 5.32 Å².